The van der Waals surface area contributed by atoms with Gasteiger partial charge in [0.2, 0.25) is 0 Å². The van der Waals surface area contributed by atoms with Gasteiger partial charge in [-0.3, -0.25) is 4.98 Å². The molecule has 1 saturated heterocycles. The number of anilines is 3. The molecule has 0 amide bonds. The van der Waals surface area contributed by atoms with Crippen LogP contribution < -0.4 is 16.4 Å². The maximum Gasteiger partial charge on any atom is 0.0740 e. The number of hydrogen-bond acceptors (Lipinski definition) is 4. The molecule has 0 bridgehead atoms. The van der Waals surface area contributed by atoms with Crippen molar-refractivity contribution in [3.8, 4) is 0 Å². The Balaban J connectivity index is 2.13. The molecule has 0 atom stereocenters. The predicted octanol–water partition coefficient (Wildman–Crippen LogP) is 2.00. The molecule has 4 heteroatoms. The molecular weight excluding hydrogens is 212 g/mol. The highest BCUT2D eigenvalue weighted by Crippen LogP contribution is 2.29. The lowest BCUT2D eigenvalue weighted by atomic mass is 10.1. The Hall–Kier alpha value is -1.97. The Morgan fingerprint density at radius 1 is 1.12 bits per heavy atom. The third kappa shape index (κ3) is 1.65. The van der Waals surface area contributed by atoms with Gasteiger partial charge in [0, 0.05) is 24.2 Å². The summed E-state index contributed by atoms with van der Waals surface area (Å²) >= 11 is 0. The van der Waals surface area contributed by atoms with Crippen LogP contribution in [0.25, 0.3) is 10.9 Å². The first-order valence-electron chi connectivity index (χ1n) is 5.94. The normalized spacial score (nSPS) is 15.6. The topological polar surface area (TPSA) is 68.2 Å². The summed E-state index contributed by atoms with van der Waals surface area (Å²) in [5.74, 6) is 0. The molecule has 1 aliphatic rings. The molecule has 88 valence electrons. The zero-order valence-electron chi connectivity index (χ0n) is 9.69. The van der Waals surface area contributed by atoms with E-state index in [2.05, 4.69) is 22.0 Å². The van der Waals surface area contributed by atoms with E-state index in [1.54, 1.807) is 6.20 Å². The van der Waals surface area contributed by atoms with Crippen LogP contribution in [-0.2, 0) is 0 Å². The SMILES string of the molecule is Nc1cnc2ccc(N3CCCC3)cc2c1N. The Morgan fingerprint density at radius 2 is 1.88 bits per heavy atom. The number of nitrogen functional groups attached to an aromatic ring is 2. The number of nitrogens with two attached hydrogens (primary N) is 2. The molecule has 2 aromatic rings. The predicted molar refractivity (Wildman–Crippen MR) is 72.0 cm³/mol. The summed E-state index contributed by atoms with van der Waals surface area (Å²) in [4.78, 5) is 6.66. The van der Waals surface area contributed by atoms with Crippen molar-refractivity contribution < 1.29 is 0 Å². The van der Waals surface area contributed by atoms with Crippen LogP contribution >= 0.6 is 0 Å². The summed E-state index contributed by atoms with van der Waals surface area (Å²) in [6.45, 7) is 2.25. The quantitative estimate of drug-likeness (QED) is 0.783. The van der Waals surface area contributed by atoms with E-state index >= 15 is 0 Å². The largest absolute Gasteiger partial charge is 0.396 e. The van der Waals surface area contributed by atoms with E-state index < -0.39 is 0 Å². The van der Waals surface area contributed by atoms with Crippen molar-refractivity contribution in [2.24, 2.45) is 0 Å². The fourth-order valence-corrected chi connectivity index (χ4v) is 2.39. The zero-order valence-corrected chi connectivity index (χ0v) is 9.69. The Labute approximate surface area is 100 Å². The average molecular weight is 228 g/mol. The fourth-order valence-electron chi connectivity index (χ4n) is 2.39. The lowest BCUT2D eigenvalue weighted by Crippen LogP contribution is -2.17. The molecule has 1 aromatic heterocycles. The van der Waals surface area contributed by atoms with Crippen molar-refractivity contribution in [3.63, 3.8) is 0 Å². The summed E-state index contributed by atoms with van der Waals surface area (Å²) in [5.41, 5.74) is 15.1. The second kappa shape index (κ2) is 3.80. The zero-order chi connectivity index (χ0) is 11.8. The molecule has 0 unspecified atom stereocenters. The molecule has 1 aromatic carbocycles. The van der Waals surface area contributed by atoms with Gasteiger partial charge in [0.25, 0.3) is 0 Å². The van der Waals surface area contributed by atoms with Gasteiger partial charge in [-0.25, -0.2) is 0 Å². The highest BCUT2D eigenvalue weighted by Gasteiger charge is 2.13. The van der Waals surface area contributed by atoms with Gasteiger partial charge in [-0.2, -0.15) is 0 Å². The van der Waals surface area contributed by atoms with E-state index in [0.717, 1.165) is 24.0 Å². The summed E-state index contributed by atoms with van der Waals surface area (Å²) in [5, 5.41) is 0.953. The number of hydrogen-bond donors (Lipinski definition) is 2. The second-order valence-electron chi connectivity index (χ2n) is 4.52. The number of nitrogens with zero attached hydrogens (tertiary/aromatic N) is 2. The van der Waals surface area contributed by atoms with Crippen LogP contribution in [-0.4, -0.2) is 18.1 Å². The lowest BCUT2D eigenvalue weighted by molar-refractivity contribution is 0.949. The second-order valence-corrected chi connectivity index (χ2v) is 4.52. The van der Waals surface area contributed by atoms with Crippen molar-refractivity contribution in [1.82, 2.24) is 4.98 Å². The van der Waals surface area contributed by atoms with Gasteiger partial charge in [0.1, 0.15) is 0 Å². The minimum Gasteiger partial charge on any atom is -0.396 e. The summed E-state index contributed by atoms with van der Waals surface area (Å²) in [6.07, 6.45) is 4.15. The number of benzene rings is 1. The van der Waals surface area contributed by atoms with E-state index in [4.69, 9.17) is 11.5 Å². The Morgan fingerprint density at radius 3 is 2.65 bits per heavy atom. The van der Waals surface area contributed by atoms with Crippen LogP contribution in [0.15, 0.2) is 24.4 Å². The molecule has 1 fully saturated rings. The molecular formula is C13H16N4. The van der Waals surface area contributed by atoms with Crippen LogP contribution in [0.1, 0.15) is 12.8 Å². The molecule has 0 aliphatic carbocycles. The number of aromatic nitrogens is 1. The maximum atomic E-state index is 6.00. The molecule has 4 N–H and O–H groups in total. The van der Waals surface area contributed by atoms with Crippen LogP contribution in [0, 0.1) is 0 Å². The average Bonchev–Trinajstić information content (AvgIpc) is 2.87. The minimum absolute atomic E-state index is 0.552. The standard InChI is InChI=1S/C13H16N4/c14-11-8-16-12-4-3-9(7-10(12)13(11)15)17-5-1-2-6-17/h3-4,7-8H,1-2,5-6,14H2,(H2,15,16). The highest BCUT2D eigenvalue weighted by molar-refractivity contribution is 5.97. The molecule has 0 radical (unpaired) electrons. The van der Waals surface area contributed by atoms with Gasteiger partial charge < -0.3 is 16.4 Å². The summed E-state index contributed by atoms with van der Waals surface area (Å²) in [6, 6.07) is 6.22. The van der Waals surface area contributed by atoms with Crippen molar-refractivity contribution in [3.05, 3.63) is 24.4 Å². The number of rotatable bonds is 1. The Kier molecular flexibility index (Phi) is 2.28. The van der Waals surface area contributed by atoms with E-state index in [1.165, 1.54) is 18.5 Å². The number of pyridine rings is 1. The first kappa shape index (κ1) is 10.2. The van der Waals surface area contributed by atoms with Gasteiger partial charge in [-0.1, -0.05) is 0 Å². The van der Waals surface area contributed by atoms with Crippen LogP contribution in [0.3, 0.4) is 0 Å². The highest BCUT2D eigenvalue weighted by atomic mass is 15.1. The monoisotopic (exact) mass is 228 g/mol. The van der Waals surface area contributed by atoms with Crippen molar-refractivity contribution in [2.75, 3.05) is 29.5 Å². The molecule has 17 heavy (non-hydrogen) atoms. The third-order valence-corrected chi connectivity index (χ3v) is 3.40. The van der Waals surface area contributed by atoms with Crippen LogP contribution in [0.5, 0.6) is 0 Å². The molecule has 1 aliphatic heterocycles. The first-order valence-corrected chi connectivity index (χ1v) is 5.94. The molecule has 4 nitrogen and oxygen atoms in total. The van der Waals surface area contributed by atoms with E-state index in [9.17, 15) is 0 Å². The van der Waals surface area contributed by atoms with Crippen LogP contribution in [0.2, 0.25) is 0 Å². The van der Waals surface area contributed by atoms with Gasteiger partial charge in [-0.05, 0) is 31.0 Å². The fraction of sp³-hybridized carbons (Fsp3) is 0.308. The van der Waals surface area contributed by atoms with Crippen molar-refractivity contribution >= 4 is 28.0 Å². The molecule has 2 heterocycles. The van der Waals surface area contributed by atoms with Gasteiger partial charge in [-0.15, -0.1) is 0 Å². The van der Waals surface area contributed by atoms with E-state index in [0.29, 0.717) is 11.4 Å². The maximum absolute atomic E-state index is 6.00. The van der Waals surface area contributed by atoms with Crippen LogP contribution in [0.4, 0.5) is 17.1 Å². The molecule has 3 rings (SSSR count). The smallest absolute Gasteiger partial charge is 0.0740 e. The third-order valence-electron chi connectivity index (χ3n) is 3.40. The van der Waals surface area contributed by atoms with Gasteiger partial charge in [0.15, 0.2) is 0 Å². The van der Waals surface area contributed by atoms with E-state index in [1.807, 2.05) is 6.07 Å². The lowest BCUT2D eigenvalue weighted by Gasteiger charge is -2.18. The summed E-state index contributed by atoms with van der Waals surface area (Å²) in [7, 11) is 0. The summed E-state index contributed by atoms with van der Waals surface area (Å²) < 4.78 is 0. The molecule has 0 spiro atoms. The van der Waals surface area contributed by atoms with Gasteiger partial charge in [0.05, 0.1) is 23.1 Å². The van der Waals surface area contributed by atoms with Gasteiger partial charge >= 0.3 is 0 Å². The van der Waals surface area contributed by atoms with Crippen molar-refractivity contribution in [2.45, 2.75) is 12.8 Å². The van der Waals surface area contributed by atoms with Crippen molar-refractivity contribution in [1.29, 1.82) is 0 Å². The Bertz CT molecular complexity index is 559. The number of fused-ring (bicyclic) bond motifs is 1. The molecule has 0 saturated carbocycles. The minimum atomic E-state index is 0.552. The first-order chi connectivity index (χ1) is 8.25. The van der Waals surface area contributed by atoms with E-state index in [-0.39, 0.29) is 0 Å².